The van der Waals surface area contributed by atoms with Gasteiger partial charge in [0.15, 0.2) is 5.78 Å². The standard InChI is InChI=1S/C19H22O4/c1-12(2)19(22)18-14(9-10-23-3)17(15(20)11-16(18)21)13-7-5-4-6-8-13/h4-8,11-12,20-21H,9-10H2,1-3H3. The van der Waals surface area contributed by atoms with Crippen LogP contribution < -0.4 is 0 Å². The molecule has 0 bridgehead atoms. The third-order valence-electron chi connectivity index (χ3n) is 3.78. The van der Waals surface area contributed by atoms with Crippen LogP contribution in [0.1, 0.15) is 29.8 Å². The zero-order valence-electron chi connectivity index (χ0n) is 13.7. The molecule has 122 valence electrons. The van der Waals surface area contributed by atoms with Gasteiger partial charge in [-0.3, -0.25) is 4.79 Å². The van der Waals surface area contributed by atoms with E-state index in [9.17, 15) is 15.0 Å². The van der Waals surface area contributed by atoms with Gasteiger partial charge < -0.3 is 14.9 Å². The van der Waals surface area contributed by atoms with Crippen LogP contribution in [0.2, 0.25) is 0 Å². The van der Waals surface area contributed by atoms with Gasteiger partial charge in [0, 0.05) is 24.7 Å². The fourth-order valence-electron chi connectivity index (χ4n) is 2.65. The molecule has 0 fully saturated rings. The minimum Gasteiger partial charge on any atom is -0.507 e. The van der Waals surface area contributed by atoms with Crippen molar-refractivity contribution in [3.8, 4) is 22.6 Å². The first-order valence-electron chi connectivity index (χ1n) is 7.63. The van der Waals surface area contributed by atoms with Gasteiger partial charge in [-0.25, -0.2) is 0 Å². The van der Waals surface area contributed by atoms with E-state index in [2.05, 4.69) is 0 Å². The van der Waals surface area contributed by atoms with Gasteiger partial charge in [0.25, 0.3) is 0 Å². The Morgan fingerprint density at radius 1 is 1.13 bits per heavy atom. The minimum absolute atomic E-state index is 0.0416. The van der Waals surface area contributed by atoms with Gasteiger partial charge in [0.1, 0.15) is 11.5 Å². The SMILES string of the molecule is COCCc1c(C(=O)C(C)C)c(O)cc(O)c1-c1ccccc1. The normalized spacial score (nSPS) is 11.0. The van der Waals surface area contributed by atoms with Crippen molar-refractivity contribution in [2.24, 2.45) is 5.92 Å². The number of phenolic OH excluding ortho intramolecular Hbond substituents is 2. The summed E-state index contributed by atoms with van der Waals surface area (Å²) in [7, 11) is 1.58. The summed E-state index contributed by atoms with van der Waals surface area (Å²) < 4.78 is 5.14. The lowest BCUT2D eigenvalue weighted by Crippen LogP contribution is -2.13. The molecule has 0 aliphatic carbocycles. The summed E-state index contributed by atoms with van der Waals surface area (Å²) in [5.74, 6) is -0.631. The predicted octanol–water partition coefficient (Wildman–Crippen LogP) is 3.79. The van der Waals surface area contributed by atoms with Crippen LogP contribution in [-0.2, 0) is 11.2 Å². The maximum Gasteiger partial charge on any atom is 0.169 e. The second-order valence-electron chi connectivity index (χ2n) is 5.77. The maximum absolute atomic E-state index is 12.6. The number of hydrogen-bond acceptors (Lipinski definition) is 4. The van der Waals surface area contributed by atoms with Gasteiger partial charge in [-0.1, -0.05) is 44.2 Å². The van der Waals surface area contributed by atoms with Crippen LogP contribution in [0.3, 0.4) is 0 Å². The molecule has 0 unspecified atom stereocenters. The van der Waals surface area contributed by atoms with Gasteiger partial charge in [0.05, 0.1) is 12.2 Å². The van der Waals surface area contributed by atoms with E-state index in [1.807, 2.05) is 30.3 Å². The van der Waals surface area contributed by atoms with Gasteiger partial charge in [-0.2, -0.15) is 0 Å². The molecule has 2 aromatic rings. The molecule has 2 aromatic carbocycles. The molecule has 0 radical (unpaired) electrons. The summed E-state index contributed by atoms with van der Waals surface area (Å²) in [6.07, 6.45) is 0.427. The second-order valence-corrected chi connectivity index (χ2v) is 5.77. The molecule has 0 saturated carbocycles. The van der Waals surface area contributed by atoms with Crippen molar-refractivity contribution in [1.82, 2.24) is 0 Å². The molecule has 23 heavy (non-hydrogen) atoms. The Bertz CT molecular complexity index is 690. The Kier molecular flexibility index (Phi) is 5.40. The Balaban J connectivity index is 2.74. The summed E-state index contributed by atoms with van der Waals surface area (Å²) in [6, 6.07) is 10.6. The van der Waals surface area contributed by atoms with Crippen molar-refractivity contribution >= 4 is 5.78 Å². The number of ketones is 1. The fraction of sp³-hybridized carbons (Fsp3) is 0.316. The minimum atomic E-state index is -0.254. The number of ether oxygens (including phenoxy) is 1. The van der Waals surface area contributed by atoms with Crippen molar-refractivity contribution < 1.29 is 19.7 Å². The predicted molar refractivity (Wildman–Crippen MR) is 90.0 cm³/mol. The molecule has 0 aromatic heterocycles. The highest BCUT2D eigenvalue weighted by molar-refractivity contribution is 6.03. The molecule has 0 aliphatic heterocycles. The Morgan fingerprint density at radius 2 is 1.78 bits per heavy atom. The van der Waals surface area contributed by atoms with Crippen LogP contribution in [0, 0.1) is 5.92 Å². The number of aromatic hydroxyl groups is 2. The van der Waals surface area contributed by atoms with Crippen molar-refractivity contribution in [3.63, 3.8) is 0 Å². The quantitative estimate of drug-likeness (QED) is 0.796. The van der Waals surface area contributed by atoms with Crippen molar-refractivity contribution in [3.05, 3.63) is 47.5 Å². The van der Waals surface area contributed by atoms with Crippen LogP contribution in [0.15, 0.2) is 36.4 Å². The van der Waals surface area contributed by atoms with E-state index in [1.165, 1.54) is 6.07 Å². The average Bonchev–Trinajstić information content (AvgIpc) is 2.52. The lowest BCUT2D eigenvalue weighted by Gasteiger charge is -2.18. The second kappa shape index (κ2) is 7.29. The van der Waals surface area contributed by atoms with Crippen LogP contribution in [0.25, 0.3) is 11.1 Å². The molecule has 0 amide bonds. The summed E-state index contributed by atoms with van der Waals surface area (Å²) in [5.41, 5.74) is 2.27. The van der Waals surface area contributed by atoms with Crippen molar-refractivity contribution in [1.29, 1.82) is 0 Å². The van der Waals surface area contributed by atoms with Crippen LogP contribution in [0.4, 0.5) is 0 Å². The Hall–Kier alpha value is -2.33. The van der Waals surface area contributed by atoms with Gasteiger partial charge in [-0.15, -0.1) is 0 Å². The van der Waals surface area contributed by atoms with E-state index in [1.54, 1.807) is 21.0 Å². The highest BCUT2D eigenvalue weighted by Crippen LogP contribution is 2.40. The Labute approximate surface area is 136 Å². The zero-order chi connectivity index (χ0) is 17.0. The number of carbonyl (C=O) groups is 1. The number of Topliss-reactive ketones (excluding diaryl/α,β-unsaturated/α-hetero) is 1. The molecule has 2 N–H and O–H groups in total. The molecule has 0 saturated heterocycles. The molecule has 4 nitrogen and oxygen atoms in total. The molecule has 2 rings (SSSR count). The first kappa shape index (κ1) is 17.0. The maximum atomic E-state index is 12.6. The zero-order valence-corrected chi connectivity index (χ0v) is 13.7. The summed E-state index contributed by atoms with van der Waals surface area (Å²) in [6.45, 7) is 3.97. The van der Waals surface area contributed by atoms with E-state index in [0.717, 1.165) is 5.56 Å². The molecular formula is C19H22O4. The number of carbonyl (C=O) groups excluding carboxylic acids is 1. The van der Waals surface area contributed by atoms with Gasteiger partial charge in [0.2, 0.25) is 0 Å². The van der Waals surface area contributed by atoms with Crippen molar-refractivity contribution in [2.45, 2.75) is 20.3 Å². The molecule has 0 spiro atoms. The topological polar surface area (TPSA) is 66.8 Å². The molecule has 0 atom stereocenters. The van der Waals surface area contributed by atoms with E-state index in [0.29, 0.717) is 24.2 Å². The van der Waals surface area contributed by atoms with E-state index in [-0.39, 0.29) is 28.8 Å². The molecular weight excluding hydrogens is 292 g/mol. The van der Waals surface area contributed by atoms with Crippen molar-refractivity contribution in [2.75, 3.05) is 13.7 Å². The lowest BCUT2D eigenvalue weighted by molar-refractivity contribution is 0.0935. The van der Waals surface area contributed by atoms with Gasteiger partial charge >= 0.3 is 0 Å². The fourth-order valence-corrected chi connectivity index (χ4v) is 2.65. The molecule has 0 aliphatic rings. The molecule has 0 heterocycles. The average molecular weight is 314 g/mol. The third-order valence-corrected chi connectivity index (χ3v) is 3.78. The Morgan fingerprint density at radius 3 is 2.35 bits per heavy atom. The first-order chi connectivity index (χ1) is 11.0. The highest BCUT2D eigenvalue weighted by atomic mass is 16.5. The smallest absolute Gasteiger partial charge is 0.169 e. The summed E-state index contributed by atoms with van der Waals surface area (Å²) in [4.78, 5) is 12.6. The monoisotopic (exact) mass is 314 g/mol. The van der Waals surface area contributed by atoms with Gasteiger partial charge in [-0.05, 0) is 17.5 Å². The summed E-state index contributed by atoms with van der Waals surface area (Å²) >= 11 is 0. The van der Waals surface area contributed by atoms with Crippen LogP contribution in [0.5, 0.6) is 11.5 Å². The number of phenols is 2. The highest BCUT2D eigenvalue weighted by Gasteiger charge is 2.24. The summed E-state index contributed by atoms with van der Waals surface area (Å²) in [5, 5.41) is 20.6. The largest absolute Gasteiger partial charge is 0.507 e. The van der Waals surface area contributed by atoms with E-state index >= 15 is 0 Å². The van der Waals surface area contributed by atoms with E-state index in [4.69, 9.17) is 4.74 Å². The van der Waals surface area contributed by atoms with Crippen LogP contribution >= 0.6 is 0 Å². The number of benzene rings is 2. The first-order valence-corrected chi connectivity index (χ1v) is 7.63. The number of rotatable bonds is 6. The van der Waals surface area contributed by atoms with E-state index < -0.39 is 0 Å². The third kappa shape index (κ3) is 3.54. The number of hydrogen-bond donors (Lipinski definition) is 2. The lowest BCUT2D eigenvalue weighted by atomic mass is 9.87. The van der Waals surface area contributed by atoms with Crippen LogP contribution in [-0.4, -0.2) is 29.7 Å². The molecule has 4 heteroatoms. The number of methoxy groups -OCH3 is 1.